The second-order valence-electron chi connectivity index (χ2n) is 7.11. The van der Waals surface area contributed by atoms with Gasteiger partial charge in [0.2, 0.25) is 15.9 Å². The third-order valence-corrected chi connectivity index (χ3v) is 6.92. The van der Waals surface area contributed by atoms with Crippen molar-refractivity contribution in [3.05, 3.63) is 63.1 Å². The Morgan fingerprint density at radius 2 is 1.70 bits per heavy atom. The van der Waals surface area contributed by atoms with E-state index in [1.54, 1.807) is 13.0 Å². The lowest BCUT2D eigenvalue weighted by Crippen LogP contribution is -2.49. The van der Waals surface area contributed by atoms with Gasteiger partial charge in [-0.05, 0) is 54.2 Å². The lowest BCUT2D eigenvalue weighted by molar-refractivity contribution is -0.122. The van der Waals surface area contributed by atoms with Gasteiger partial charge in [0.1, 0.15) is 6.04 Å². The molecule has 1 amide bonds. The minimum absolute atomic E-state index is 0.224. The molecule has 0 saturated carbocycles. The standard InChI is InChI=1S/C22H28Cl2N2O3S/c1-5-15-8-9-16(6-2)17(12-15)14-25-22(27)21(7-3)26(30(4,28)29)18-10-11-19(23)20(24)13-18/h8-13,21H,5-7,14H2,1-4H3,(H,25,27)/t21-/m1/s1. The lowest BCUT2D eigenvalue weighted by atomic mass is 10.0. The van der Waals surface area contributed by atoms with Gasteiger partial charge in [-0.3, -0.25) is 9.10 Å². The molecule has 0 aromatic heterocycles. The van der Waals surface area contributed by atoms with Gasteiger partial charge in [0.25, 0.3) is 0 Å². The molecule has 0 aliphatic rings. The monoisotopic (exact) mass is 470 g/mol. The molecule has 1 atom stereocenters. The summed E-state index contributed by atoms with van der Waals surface area (Å²) in [7, 11) is -3.74. The second kappa shape index (κ2) is 10.5. The Bertz CT molecular complexity index is 1010. The van der Waals surface area contributed by atoms with Crippen LogP contribution in [-0.4, -0.2) is 26.6 Å². The molecule has 2 rings (SSSR count). The number of nitrogens with zero attached hydrogens (tertiary/aromatic N) is 1. The smallest absolute Gasteiger partial charge is 0.244 e. The van der Waals surface area contributed by atoms with Crippen LogP contribution in [0.3, 0.4) is 0 Å². The highest BCUT2D eigenvalue weighted by Gasteiger charge is 2.31. The van der Waals surface area contributed by atoms with Crippen LogP contribution in [-0.2, 0) is 34.2 Å². The molecule has 0 bridgehead atoms. The molecule has 0 aliphatic carbocycles. The van der Waals surface area contributed by atoms with E-state index in [1.165, 1.54) is 17.7 Å². The zero-order chi connectivity index (χ0) is 22.5. The van der Waals surface area contributed by atoms with Gasteiger partial charge in [-0.15, -0.1) is 0 Å². The number of benzene rings is 2. The number of halogens is 2. The number of aryl methyl sites for hydroxylation is 2. The number of carbonyl (C=O) groups excluding carboxylic acids is 1. The van der Waals surface area contributed by atoms with Crippen molar-refractivity contribution in [2.45, 2.75) is 52.6 Å². The van der Waals surface area contributed by atoms with Crippen LogP contribution in [0.4, 0.5) is 5.69 Å². The fourth-order valence-corrected chi connectivity index (χ4v) is 4.89. The number of carbonyl (C=O) groups is 1. The normalized spacial score (nSPS) is 12.5. The summed E-state index contributed by atoms with van der Waals surface area (Å²) in [6.45, 7) is 6.26. The summed E-state index contributed by atoms with van der Waals surface area (Å²) in [4.78, 5) is 13.0. The van der Waals surface area contributed by atoms with Gasteiger partial charge in [-0.25, -0.2) is 8.42 Å². The van der Waals surface area contributed by atoms with E-state index in [0.29, 0.717) is 23.7 Å². The Morgan fingerprint density at radius 3 is 2.23 bits per heavy atom. The van der Waals surface area contributed by atoms with E-state index in [2.05, 4.69) is 37.4 Å². The SMILES string of the molecule is CCc1ccc(CC)c(CNC(=O)[C@@H](CC)N(c2ccc(Cl)c(Cl)c2)S(C)(=O)=O)c1. The van der Waals surface area contributed by atoms with Crippen LogP contribution >= 0.6 is 23.2 Å². The van der Waals surface area contributed by atoms with Crippen LogP contribution in [0, 0.1) is 0 Å². The molecule has 0 radical (unpaired) electrons. The molecule has 2 aromatic carbocycles. The Balaban J connectivity index is 2.31. The number of hydrogen-bond acceptors (Lipinski definition) is 3. The molecule has 0 saturated heterocycles. The molecule has 0 spiro atoms. The van der Waals surface area contributed by atoms with Gasteiger partial charge in [0.15, 0.2) is 0 Å². The first-order valence-electron chi connectivity index (χ1n) is 9.95. The van der Waals surface area contributed by atoms with E-state index in [4.69, 9.17) is 23.2 Å². The molecule has 0 unspecified atom stereocenters. The van der Waals surface area contributed by atoms with Gasteiger partial charge in [-0.1, -0.05) is 62.2 Å². The molecule has 0 fully saturated rings. The molecular weight excluding hydrogens is 443 g/mol. The highest BCUT2D eigenvalue weighted by atomic mass is 35.5. The van der Waals surface area contributed by atoms with Crippen LogP contribution < -0.4 is 9.62 Å². The summed E-state index contributed by atoms with van der Waals surface area (Å²) in [5, 5.41) is 3.46. The van der Waals surface area contributed by atoms with Gasteiger partial charge < -0.3 is 5.32 Å². The Kier molecular flexibility index (Phi) is 8.59. The highest BCUT2D eigenvalue weighted by Crippen LogP contribution is 2.30. The molecule has 8 heteroatoms. The Hall–Kier alpha value is -1.76. The third kappa shape index (κ3) is 5.90. The Labute approximate surface area is 189 Å². The highest BCUT2D eigenvalue weighted by molar-refractivity contribution is 7.92. The fourth-order valence-electron chi connectivity index (χ4n) is 3.39. The zero-order valence-corrected chi connectivity index (χ0v) is 20.0. The van der Waals surface area contributed by atoms with Crippen molar-refractivity contribution in [2.24, 2.45) is 0 Å². The van der Waals surface area contributed by atoms with Gasteiger partial charge in [0, 0.05) is 6.54 Å². The maximum absolute atomic E-state index is 13.0. The number of hydrogen-bond donors (Lipinski definition) is 1. The minimum atomic E-state index is -3.74. The lowest BCUT2D eigenvalue weighted by Gasteiger charge is -2.30. The van der Waals surface area contributed by atoms with Crippen molar-refractivity contribution in [1.29, 1.82) is 0 Å². The van der Waals surface area contributed by atoms with Gasteiger partial charge in [0.05, 0.1) is 22.0 Å². The van der Waals surface area contributed by atoms with Crippen molar-refractivity contribution in [3.63, 3.8) is 0 Å². The predicted octanol–water partition coefficient (Wildman–Crippen LogP) is 4.98. The largest absolute Gasteiger partial charge is 0.350 e. The Morgan fingerprint density at radius 1 is 1.00 bits per heavy atom. The van der Waals surface area contributed by atoms with E-state index in [0.717, 1.165) is 34.5 Å². The van der Waals surface area contributed by atoms with Crippen LogP contribution in [0.15, 0.2) is 36.4 Å². The second-order valence-corrected chi connectivity index (χ2v) is 9.78. The van der Waals surface area contributed by atoms with Crippen LogP contribution in [0.25, 0.3) is 0 Å². The van der Waals surface area contributed by atoms with Crippen molar-refractivity contribution in [3.8, 4) is 0 Å². The summed E-state index contributed by atoms with van der Waals surface area (Å²) in [6.07, 6.45) is 3.13. The van der Waals surface area contributed by atoms with Crippen LogP contribution in [0.5, 0.6) is 0 Å². The number of anilines is 1. The maximum Gasteiger partial charge on any atom is 0.244 e. The molecule has 2 aromatic rings. The van der Waals surface area contributed by atoms with Gasteiger partial charge >= 0.3 is 0 Å². The molecule has 0 heterocycles. The van der Waals surface area contributed by atoms with Crippen LogP contribution in [0.1, 0.15) is 43.9 Å². The van der Waals surface area contributed by atoms with E-state index in [9.17, 15) is 13.2 Å². The maximum atomic E-state index is 13.0. The molecule has 30 heavy (non-hydrogen) atoms. The average molecular weight is 471 g/mol. The quantitative estimate of drug-likeness (QED) is 0.561. The fraction of sp³-hybridized carbons (Fsp3) is 0.409. The van der Waals surface area contributed by atoms with E-state index >= 15 is 0 Å². The van der Waals surface area contributed by atoms with Crippen LogP contribution in [0.2, 0.25) is 10.0 Å². The van der Waals surface area contributed by atoms with Crippen molar-refractivity contribution in [2.75, 3.05) is 10.6 Å². The minimum Gasteiger partial charge on any atom is -0.350 e. The van der Waals surface area contributed by atoms with E-state index in [1.807, 2.05) is 0 Å². The molecule has 164 valence electrons. The summed E-state index contributed by atoms with van der Waals surface area (Å²) >= 11 is 12.1. The van der Waals surface area contributed by atoms with Crippen molar-refractivity contribution < 1.29 is 13.2 Å². The predicted molar refractivity (Wildman–Crippen MR) is 125 cm³/mol. The molecule has 0 aliphatic heterocycles. The number of amides is 1. The number of nitrogens with one attached hydrogen (secondary N) is 1. The average Bonchev–Trinajstić information content (AvgIpc) is 2.71. The first-order valence-corrected chi connectivity index (χ1v) is 12.6. The van der Waals surface area contributed by atoms with Gasteiger partial charge in [-0.2, -0.15) is 0 Å². The zero-order valence-electron chi connectivity index (χ0n) is 17.7. The summed E-state index contributed by atoms with van der Waals surface area (Å²) in [5.74, 6) is -0.363. The number of rotatable bonds is 9. The molecule has 5 nitrogen and oxygen atoms in total. The van der Waals surface area contributed by atoms with Crippen molar-refractivity contribution >= 4 is 44.8 Å². The summed E-state index contributed by atoms with van der Waals surface area (Å²) in [6, 6.07) is 9.88. The summed E-state index contributed by atoms with van der Waals surface area (Å²) in [5.41, 5.74) is 3.69. The van der Waals surface area contributed by atoms with Crippen molar-refractivity contribution in [1.82, 2.24) is 5.32 Å². The first-order chi connectivity index (χ1) is 14.1. The molecule has 1 N–H and O–H groups in total. The van der Waals surface area contributed by atoms with E-state index in [-0.39, 0.29) is 10.9 Å². The topological polar surface area (TPSA) is 66.5 Å². The summed E-state index contributed by atoms with van der Waals surface area (Å²) < 4.78 is 26.2. The molecular formula is C22H28Cl2N2O3S. The third-order valence-electron chi connectivity index (χ3n) is 5.00. The van der Waals surface area contributed by atoms with E-state index < -0.39 is 16.1 Å². The first kappa shape index (κ1) is 24.5. The number of sulfonamides is 1.